The van der Waals surface area contributed by atoms with Gasteiger partial charge in [-0.25, -0.2) is 9.97 Å². The molecule has 6 rings (SSSR count). The number of piperidine rings is 1. The standard InChI is InChI=1S/C23H23N5O2/c24-16-6-8-27(9-7-16)18-3-1-2-15-4-5-22(26-23(15)18)28-14-25-17-12-20-21(13-19(17)28)30-11-10-29-20/h1-5,12-14,16H,6-11,24H2. The number of ether oxygens (including phenoxy) is 2. The number of anilines is 1. The lowest BCUT2D eigenvalue weighted by molar-refractivity contribution is 0.172. The van der Waals surface area contributed by atoms with Gasteiger partial charge in [-0.1, -0.05) is 12.1 Å². The number of para-hydroxylation sites is 1. The van der Waals surface area contributed by atoms with Gasteiger partial charge in [0.05, 0.1) is 22.2 Å². The molecule has 2 aromatic heterocycles. The first kappa shape index (κ1) is 17.5. The summed E-state index contributed by atoms with van der Waals surface area (Å²) in [5.74, 6) is 2.33. The van der Waals surface area contributed by atoms with Gasteiger partial charge in [0.25, 0.3) is 0 Å². The quantitative estimate of drug-likeness (QED) is 0.555. The fourth-order valence-electron chi connectivity index (χ4n) is 4.38. The van der Waals surface area contributed by atoms with E-state index in [0.717, 1.165) is 65.2 Å². The molecule has 0 spiro atoms. The summed E-state index contributed by atoms with van der Waals surface area (Å²) in [7, 11) is 0. The highest BCUT2D eigenvalue weighted by molar-refractivity contribution is 5.92. The van der Waals surface area contributed by atoms with E-state index in [2.05, 4.69) is 34.1 Å². The minimum atomic E-state index is 0.300. The van der Waals surface area contributed by atoms with Crippen molar-refractivity contribution in [3.05, 3.63) is 48.8 Å². The Morgan fingerprint density at radius 1 is 0.967 bits per heavy atom. The Morgan fingerprint density at radius 2 is 1.77 bits per heavy atom. The van der Waals surface area contributed by atoms with E-state index in [1.54, 1.807) is 0 Å². The normalized spacial score (nSPS) is 17.0. The minimum Gasteiger partial charge on any atom is -0.486 e. The first-order valence-corrected chi connectivity index (χ1v) is 10.4. The van der Waals surface area contributed by atoms with Crippen LogP contribution in [0.1, 0.15) is 12.8 Å². The predicted octanol–water partition coefficient (Wildman–Crippen LogP) is 3.27. The molecule has 0 aliphatic carbocycles. The lowest BCUT2D eigenvalue weighted by Gasteiger charge is -2.32. The highest BCUT2D eigenvalue weighted by Gasteiger charge is 2.20. The van der Waals surface area contributed by atoms with Crippen molar-refractivity contribution >= 4 is 27.6 Å². The van der Waals surface area contributed by atoms with Crippen LogP contribution in [-0.2, 0) is 0 Å². The monoisotopic (exact) mass is 401 g/mol. The van der Waals surface area contributed by atoms with Crippen molar-refractivity contribution in [2.24, 2.45) is 5.73 Å². The third-order valence-electron chi connectivity index (χ3n) is 6.02. The number of benzene rings is 2. The Labute approximate surface area is 174 Å². The van der Waals surface area contributed by atoms with E-state index < -0.39 is 0 Å². The van der Waals surface area contributed by atoms with Gasteiger partial charge in [-0.2, -0.15) is 0 Å². The van der Waals surface area contributed by atoms with E-state index in [1.165, 1.54) is 5.69 Å². The minimum absolute atomic E-state index is 0.300. The molecule has 0 bridgehead atoms. The van der Waals surface area contributed by atoms with Crippen LogP contribution >= 0.6 is 0 Å². The van der Waals surface area contributed by atoms with Gasteiger partial charge in [-0.15, -0.1) is 0 Å². The van der Waals surface area contributed by atoms with E-state index in [1.807, 2.05) is 29.1 Å². The van der Waals surface area contributed by atoms with Crippen molar-refractivity contribution < 1.29 is 9.47 Å². The summed E-state index contributed by atoms with van der Waals surface area (Å²) in [6, 6.07) is 14.8. The molecule has 152 valence electrons. The first-order chi connectivity index (χ1) is 14.8. The molecule has 2 aliphatic rings. The molecule has 0 atom stereocenters. The maximum absolute atomic E-state index is 6.11. The number of fused-ring (bicyclic) bond motifs is 3. The van der Waals surface area contributed by atoms with E-state index in [4.69, 9.17) is 20.2 Å². The molecule has 2 aromatic carbocycles. The van der Waals surface area contributed by atoms with Gasteiger partial charge in [0.15, 0.2) is 11.5 Å². The van der Waals surface area contributed by atoms with Crippen LogP contribution in [0.3, 0.4) is 0 Å². The lowest BCUT2D eigenvalue weighted by Crippen LogP contribution is -2.39. The molecular formula is C23H23N5O2. The SMILES string of the molecule is NC1CCN(c2cccc3ccc(-n4cnc5cc6c(cc54)OCCO6)nc23)CC1. The fourth-order valence-corrected chi connectivity index (χ4v) is 4.38. The number of aromatic nitrogens is 3. The Kier molecular flexibility index (Phi) is 4.02. The van der Waals surface area contributed by atoms with Gasteiger partial charge in [-0.05, 0) is 31.0 Å². The van der Waals surface area contributed by atoms with Crippen molar-refractivity contribution in [2.75, 3.05) is 31.2 Å². The zero-order valence-electron chi connectivity index (χ0n) is 16.6. The first-order valence-electron chi connectivity index (χ1n) is 10.4. The Hall–Kier alpha value is -3.32. The summed E-state index contributed by atoms with van der Waals surface area (Å²) in [6.45, 7) is 3.05. The van der Waals surface area contributed by atoms with Crippen LogP contribution in [0.15, 0.2) is 48.8 Å². The van der Waals surface area contributed by atoms with Crippen LogP contribution in [0.2, 0.25) is 0 Å². The number of rotatable bonds is 2. The lowest BCUT2D eigenvalue weighted by atomic mass is 10.0. The van der Waals surface area contributed by atoms with E-state index in [9.17, 15) is 0 Å². The van der Waals surface area contributed by atoms with Gasteiger partial charge in [0, 0.05) is 36.7 Å². The van der Waals surface area contributed by atoms with Crippen LogP contribution in [0, 0.1) is 0 Å². The van der Waals surface area contributed by atoms with E-state index >= 15 is 0 Å². The van der Waals surface area contributed by atoms with Crippen molar-refractivity contribution in [1.29, 1.82) is 0 Å². The van der Waals surface area contributed by atoms with Crippen LogP contribution in [0.5, 0.6) is 11.5 Å². The third kappa shape index (κ3) is 2.85. The Bertz CT molecular complexity index is 1240. The highest BCUT2D eigenvalue weighted by atomic mass is 16.6. The fraction of sp³-hybridized carbons (Fsp3) is 0.304. The molecule has 1 saturated heterocycles. The smallest absolute Gasteiger partial charge is 0.163 e. The molecular weight excluding hydrogens is 378 g/mol. The number of imidazole rings is 1. The van der Waals surface area contributed by atoms with E-state index in [-0.39, 0.29) is 0 Å². The molecule has 2 aliphatic heterocycles. The molecule has 4 heterocycles. The Morgan fingerprint density at radius 3 is 2.60 bits per heavy atom. The summed E-state index contributed by atoms with van der Waals surface area (Å²) < 4.78 is 13.5. The molecule has 7 nitrogen and oxygen atoms in total. The van der Waals surface area contributed by atoms with Gasteiger partial charge in [-0.3, -0.25) is 4.57 Å². The molecule has 0 radical (unpaired) electrons. The largest absolute Gasteiger partial charge is 0.486 e. The third-order valence-corrected chi connectivity index (χ3v) is 6.02. The topological polar surface area (TPSA) is 78.4 Å². The summed E-state index contributed by atoms with van der Waals surface area (Å²) >= 11 is 0. The van der Waals surface area contributed by atoms with Crippen LogP contribution in [-0.4, -0.2) is 46.9 Å². The maximum atomic E-state index is 6.11. The van der Waals surface area contributed by atoms with Gasteiger partial charge < -0.3 is 20.1 Å². The average Bonchev–Trinajstić information content (AvgIpc) is 3.20. The second kappa shape index (κ2) is 6.88. The second-order valence-corrected chi connectivity index (χ2v) is 7.94. The van der Waals surface area contributed by atoms with Crippen molar-refractivity contribution in [2.45, 2.75) is 18.9 Å². The number of nitrogens with two attached hydrogens (primary N) is 1. The summed E-state index contributed by atoms with van der Waals surface area (Å²) in [5, 5.41) is 1.13. The molecule has 0 saturated carbocycles. The van der Waals surface area contributed by atoms with Gasteiger partial charge in [0.2, 0.25) is 0 Å². The van der Waals surface area contributed by atoms with Crippen LogP contribution in [0.25, 0.3) is 27.8 Å². The van der Waals surface area contributed by atoms with Crippen molar-refractivity contribution in [3.63, 3.8) is 0 Å². The number of hydrogen-bond acceptors (Lipinski definition) is 6. The van der Waals surface area contributed by atoms with Crippen molar-refractivity contribution in [3.8, 4) is 17.3 Å². The molecule has 1 fully saturated rings. The molecule has 7 heteroatoms. The molecule has 0 amide bonds. The summed E-state index contributed by atoms with van der Waals surface area (Å²) in [4.78, 5) is 12.0. The predicted molar refractivity (Wildman–Crippen MR) is 117 cm³/mol. The van der Waals surface area contributed by atoms with E-state index in [0.29, 0.717) is 19.3 Å². The average molecular weight is 401 g/mol. The zero-order valence-corrected chi connectivity index (χ0v) is 16.6. The summed E-state index contributed by atoms with van der Waals surface area (Å²) in [6.07, 6.45) is 3.83. The molecule has 30 heavy (non-hydrogen) atoms. The highest BCUT2D eigenvalue weighted by Crippen LogP contribution is 2.35. The number of hydrogen-bond donors (Lipinski definition) is 1. The zero-order chi connectivity index (χ0) is 20.1. The van der Waals surface area contributed by atoms with Crippen molar-refractivity contribution in [1.82, 2.24) is 14.5 Å². The molecule has 2 N–H and O–H groups in total. The molecule has 4 aromatic rings. The van der Waals surface area contributed by atoms with Crippen LogP contribution in [0.4, 0.5) is 5.69 Å². The summed E-state index contributed by atoms with van der Waals surface area (Å²) in [5.41, 5.74) is 10.1. The maximum Gasteiger partial charge on any atom is 0.163 e. The molecule has 0 unspecified atom stereocenters. The Balaban J connectivity index is 1.46. The number of pyridine rings is 1. The van der Waals surface area contributed by atoms with Crippen LogP contribution < -0.4 is 20.1 Å². The van der Waals surface area contributed by atoms with Gasteiger partial charge in [0.1, 0.15) is 25.4 Å². The number of nitrogens with zero attached hydrogens (tertiary/aromatic N) is 4. The second-order valence-electron chi connectivity index (χ2n) is 7.94. The van der Waals surface area contributed by atoms with Gasteiger partial charge >= 0.3 is 0 Å².